The fraction of sp³-hybridized carbons (Fsp3) is 0.368. The van der Waals surface area contributed by atoms with Gasteiger partial charge >= 0.3 is 0 Å². The highest BCUT2D eigenvalue weighted by Gasteiger charge is 2.23. The standard InChI is InChI=1S/C19H22ClN3O3/c1-14-4-5-15(13-16(14)20)21-18(24)6-7-22-8-10-23(11-9-22)19(25)17-3-2-12-26-17/h2-5,12-13H,6-11H2,1H3,(H,21,24). The number of hydrogen-bond donors (Lipinski definition) is 1. The van der Waals surface area contributed by atoms with E-state index in [1.807, 2.05) is 19.1 Å². The Bertz CT molecular complexity index is 768. The highest BCUT2D eigenvalue weighted by Crippen LogP contribution is 2.20. The maximum atomic E-state index is 12.2. The Morgan fingerprint density at radius 1 is 1.19 bits per heavy atom. The van der Waals surface area contributed by atoms with Gasteiger partial charge in [-0.05, 0) is 36.8 Å². The molecule has 6 nitrogen and oxygen atoms in total. The number of hydrogen-bond acceptors (Lipinski definition) is 4. The normalized spacial score (nSPS) is 15.1. The number of anilines is 1. The summed E-state index contributed by atoms with van der Waals surface area (Å²) in [6.45, 7) is 5.34. The third-order valence-electron chi connectivity index (χ3n) is 4.50. The summed E-state index contributed by atoms with van der Waals surface area (Å²) in [5.74, 6) is 0.247. The number of rotatable bonds is 5. The molecule has 0 spiro atoms. The minimum absolute atomic E-state index is 0.0426. The van der Waals surface area contributed by atoms with E-state index >= 15 is 0 Å². The minimum Gasteiger partial charge on any atom is -0.459 e. The van der Waals surface area contributed by atoms with Crippen LogP contribution in [0.1, 0.15) is 22.5 Å². The maximum Gasteiger partial charge on any atom is 0.289 e. The summed E-state index contributed by atoms with van der Waals surface area (Å²) >= 11 is 6.07. The Balaban J connectivity index is 1.41. The molecule has 7 heteroatoms. The van der Waals surface area contributed by atoms with E-state index in [1.54, 1.807) is 23.1 Å². The second-order valence-corrected chi connectivity index (χ2v) is 6.78. The third-order valence-corrected chi connectivity index (χ3v) is 4.91. The molecule has 1 aromatic carbocycles. The molecule has 2 amide bonds. The smallest absolute Gasteiger partial charge is 0.289 e. The molecule has 1 saturated heterocycles. The van der Waals surface area contributed by atoms with E-state index in [0.29, 0.717) is 42.5 Å². The second kappa shape index (κ2) is 8.38. The molecule has 0 saturated carbocycles. The van der Waals surface area contributed by atoms with E-state index in [-0.39, 0.29) is 11.8 Å². The molecule has 138 valence electrons. The second-order valence-electron chi connectivity index (χ2n) is 6.37. The fourth-order valence-corrected chi connectivity index (χ4v) is 3.06. The maximum absolute atomic E-state index is 12.2. The summed E-state index contributed by atoms with van der Waals surface area (Å²) in [6, 6.07) is 8.87. The molecule has 2 aromatic rings. The average molecular weight is 376 g/mol. The van der Waals surface area contributed by atoms with Gasteiger partial charge < -0.3 is 14.6 Å². The molecule has 2 heterocycles. The third kappa shape index (κ3) is 4.65. The number of carbonyl (C=O) groups is 2. The van der Waals surface area contributed by atoms with Gasteiger partial charge in [-0.1, -0.05) is 17.7 Å². The van der Waals surface area contributed by atoms with Gasteiger partial charge in [-0.15, -0.1) is 0 Å². The topological polar surface area (TPSA) is 65.8 Å². The number of halogens is 1. The van der Waals surface area contributed by atoms with Crippen LogP contribution in [0, 0.1) is 6.92 Å². The van der Waals surface area contributed by atoms with Crippen LogP contribution < -0.4 is 5.32 Å². The highest BCUT2D eigenvalue weighted by molar-refractivity contribution is 6.31. The Hall–Kier alpha value is -2.31. The number of nitrogens with zero attached hydrogens (tertiary/aromatic N) is 2. The number of furan rings is 1. The predicted molar refractivity (Wildman–Crippen MR) is 100 cm³/mol. The summed E-state index contributed by atoms with van der Waals surface area (Å²) in [7, 11) is 0. The quantitative estimate of drug-likeness (QED) is 0.872. The lowest BCUT2D eigenvalue weighted by Crippen LogP contribution is -2.49. The van der Waals surface area contributed by atoms with Gasteiger partial charge in [-0.25, -0.2) is 0 Å². The van der Waals surface area contributed by atoms with Crippen LogP contribution in [0.5, 0.6) is 0 Å². The van der Waals surface area contributed by atoms with Crippen molar-refractivity contribution in [1.82, 2.24) is 9.80 Å². The molecule has 1 N–H and O–H groups in total. The predicted octanol–water partition coefficient (Wildman–Crippen LogP) is 3.03. The first kappa shape index (κ1) is 18.5. The average Bonchev–Trinajstić information content (AvgIpc) is 3.18. The van der Waals surface area contributed by atoms with Crippen molar-refractivity contribution in [1.29, 1.82) is 0 Å². The van der Waals surface area contributed by atoms with Crippen LogP contribution in [-0.2, 0) is 4.79 Å². The van der Waals surface area contributed by atoms with Crippen LogP contribution in [0.2, 0.25) is 5.02 Å². The van der Waals surface area contributed by atoms with Crippen molar-refractivity contribution >= 4 is 29.1 Å². The Morgan fingerprint density at radius 2 is 1.96 bits per heavy atom. The minimum atomic E-state index is -0.0800. The van der Waals surface area contributed by atoms with E-state index in [1.165, 1.54) is 6.26 Å². The van der Waals surface area contributed by atoms with E-state index in [4.69, 9.17) is 16.0 Å². The zero-order chi connectivity index (χ0) is 18.5. The molecule has 1 aromatic heterocycles. The molecular weight excluding hydrogens is 354 g/mol. The molecule has 0 radical (unpaired) electrons. The van der Waals surface area contributed by atoms with Crippen LogP contribution in [0.3, 0.4) is 0 Å². The van der Waals surface area contributed by atoms with E-state index in [0.717, 1.165) is 18.7 Å². The van der Waals surface area contributed by atoms with Crippen LogP contribution in [0.4, 0.5) is 5.69 Å². The van der Waals surface area contributed by atoms with Gasteiger partial charge in [-0.2, -0.15) is 0 Å². The van der Waals surface area contributed by atoms with Gasteiger partial charge in [0, 0.05) is 49.9 Å². The number of nitrogens with one attached hydrogen (secondary N) is 1. The Kier molecular flexibility index (Phi) is 5.96. The lowest BCUT2D eigenvalue weighted by Gasteiger charge is -2.34. The van der Waals surface area contributed by atoms with Crippen molar-refractivity contribution in [3.8, 4) is 0 Å². The fourth-order valence-electron chi connectivity index (χ4n) is 2.88. The zero-order valence-corrected chi connectivity index (χ0v) is 15.5. The van der Waals surface area contributed by atoms with Gasteiger partial charge in [0.15, 0.2) is 5.76 Å². The monoisotopic (exact) mass is 375 g/mol. The van der Waals surface area contributed by atoms with Crippen molar-refractivity contribution in [2.45, 2.75) is 13.3 Å². The summed E-state index contributed by atoms with van der Waals surface area (Å²) in [6.07, 6.45) is 1.90. The molecule has 1 aliphatic rings. The van der Waals surface area contributed by atoms with Gasteiger partial charge in [0.1, 0.15) is 0 Å². The van der Waals surface area contributed by atoms with Crippen LogP contribution in [-0.4, -0.2) is 54.3 Å². The first-order chi connectivity index (χ1) is 12.5. The van der Waals surface area contributed by atoms with E-state index in [2.05, 4.69) is 10.2 Å². The molecule has 0 aliphatic carbocycles. The van der Waals surface area contributed by atoms with Gasteiger partial charge in [0.25, 0.3) is 5.91 Å². The Labute approximate surface area is 157 Å². The summed E-state index contributed by atoms with van der Waals surface area (Å²) < 4.78 is 5.16. The number of carbonyl (C=O) groups excluding carboxylic acids is 2. The first-order valence-corrected chi connectivity index (χ1v) is 9.02. The molecule has 1 fully saturated rings. The van der Waals surface area contributed by atoms with Crippen LogP contribution >= 0.6 is 11.6 Å². The zero-order valence-electron chi connectivity index (χ0n) is 14.7. The number of piperazine rings is 1. The highest BCUT2D eigenvalue weighted by atomic mass is 35.5. The number of aryl methyl sites for hydroxylation is 1. The summed E-state index contributed by atoms with van der Waals surface area (Å²) in [4.78, 5) is 28.3. The van der Waals surface area contributed by atoms with Crippen molar-refractivity contribution < 1.29 is 14.0 Å². The largest absolute Gasteiger partial charge is 0.459 e. The molecule has 0 unspecified atom stereocenters. The van der Waals surface area contributed by atoms with Crippen molar-refractivity contribution in [2.24, 2.45) is 0 Å². The summed E-state index contributed by atoms with van der Waals surface area (Å²) in [5.41, 5.74) is 1.69. The van der Waals surface area contributed by atoms with Gasteiger partial charge in [-0.3, -0.25) is 14.5 Å². The van der Waals surface area contributed by atoms with Crippen LogP contribution in [0.15, 0.2) is 41.0 Å². The molecule has 0 bridgehead atoms. The Morgan fingerprint density at radius 3 is 2.62 bits per heavy atom. The first-order valence-electron chi connectivity index (χ1n) is 8.64. The van der Waals surface area contributed by atoms with Crippen molar-refractivity contribution in [2.75, 3.05) is 38.0 Å². The van der Waals surface area contributed by atoms with E-state index < -0.39 is 0 Å². The molecule has 0 atom stereocenters. The molecular formula is C19H22ClN3O3. The summed E-state index contributed by atoms with van der Waals surface area (Å²) in [5, 5.41) is 3.51. The lowest BCUT2D eigenvalue weighted by atomic mass is 10.2. The van der Waals surface area contributed by atoms with E-state index in [9.17, 15) is 9.59 Å². The molecule has 1 aliphatic heterocycles. The van der Waals surface area contributed by atoms with Gasteiger partial charge in [0.05, 0.1) is 6.26 Å². The lowest BCUT2D eigenvalue weighted by molar-refractivity contribution is -0.116. The van der Waals surface area contributed by atoms with Crippen molar-refractivity contribution in [3.05, 3.63) is 52.9 Å². The number of amides is 2. The molecule has 3 rings (SSSR count). The molecule has 26 heavy (non-hydrogen) atoms. The SMILES string of the molecule is Cc1ccc(NC(=O)CCN2CCN(C(=O)c3ccco3)CC2)cc1Cl. The number of benzene rings is 1. The van der Waals surface area contributed by atoms with Gasteiger partial charge in [0.2, 0.25) is 5.91 Å². The van der Waals surface area contributed by atoms with Crippen LogP contribution in [0.25, 0.3) is 0 Å². The van der Waals surface area contributed by atoms with Crippen molar-refractivity contribution in [3.63, 3.8) is 0 Å².